The van der Waals surface area contributed by atoms with Crippen molar-refractivity contribution in [2.45, 2.75) is 6.29 Å². The molecule has 1 aromatic rings. The van der Waals surface area contributed by atoms with Crippen LogP contribution in [0.1, 0.15) is 11.9 Å². The van der Waals surface area contributed by atoms with Crippen LogP contribution in [0.4, 0.5) is 0 Å². The van der Waals surface area contributed by atoms with E-state index in [2.05, 4.69) is 4.52 Å². The first-order chi connectivity index (χ1) is 5.34. The molecule has 0 saturated carbocycles. The van der Waals surface area contributed by atoms with E-state index in [9.17, 15) is 4.57 Å². The fourth-order valence-electron chi connectivity index (χ4n) is 0.749. The summed E-state index contributed by atoms with van der Waals surface area (Å²) in [6, 6.07) is 8.81. The predicted molar refractivity (Wildman–Crippen MR) is 50.0 cm³/mol. The van der Waals surface area contributed by atoms with Crippen LogP contribution in [0.2, 0.25) is 0 Å². The molecule has 5 heteroatoms. The third-order valence-electron chi connectivity index (χ3n) is 1.27. The molecule has 1 rings (SSSR count). The molecule has 0 aliphatic rings. The van der Waals surface area contributed by atoms with E-state index < -0.39 is 15.0 Å². The van der Waals surface area contributed by atoms with E-state index in [0.29, 0.717) is 5.56 Å². The molecule has 0 aromatic heterocycles. The molecular weight excluding hydrogens is 186 g/mol. The number of aliphatic hydroxyl groups is 1. The molecule has 12 heavy (non-hydrogen) atoms. The second-order valence-corrected chi connectivity index (χ2v) is 2.46. The maximum absolute atomic E-state index is 10.0. The summed E-state index contributed by atoms with van der Waals surface area (Å²) in [5.41, 5.74) is 0.621. The summed E-state index contributed by atoms with van der Waals surface area (Å²) in [5.74, 6) is 0. The second-order valence-electron chi connectivity index (χ2n) is 2.00. The number of hydrogen-bond donors (Lipinski definition) is 1. The first kappa shape index (κ1) is 12.4. The Bertz CT molecular complexity index is 229. The molecule has 0 spiro atoms. The van der Waals surface area contributed by atoms with E-state index in [1.807, 2.05) is 6.07 Å². The van der Waals surface area contributed by atoms with E-state index in [-0.39, 0.29) is 29.6 Å². The third-order valence-corrected chi connectivity index (χ3v) is 1.64. The van der Waals surface area contributed by atoms with E-state index in [4.69, 9.17) is 5.11 Å². The maximum atomic E-state index is 10.0. The van der Waals surface area contributed by atoms with Gasteiger partial charge in [-0.1, -0.05) is 30.3 Å². The van der Waals surface area contributed by atoms with Crippen LogP contribution in [-0.2, 0) is 9.09 Å². The monoisotopic (exact) mass is 196 g/mol. The minimum atomic E-state index is -1.36. The molecule has 0 heterocycles. The number of benzene rings is 1. The van der Waals surface area contributed by atoms with Gasteiger partial charge in [-0.2, -0.15) is 0 Å². The van der Waals surface area contributed by atoms with Crippen molar-refractivity contribution in [1.29, 1.82) is 0 Å². The van der Waals surface area contributed by atoms with E-state index in [1.165, 1.54) is 0 Å². The number of aliphatic hydroxyl groups excluding tert-OH is 1. The summed E-state index contributed by atoms with van der Waals surface area (Å²) in [7, 11) is -1.36. The Balaban J connectivity index is 0.00000121. The molecule has 0 amide bonds. The van der Waals surface area contributed by atoms with E-state index in [1.54, 1.807) is 24.3 Å². The van der Waals surface area contributed by atoms with Crippen molar-refractivity contribution in [2.75, 3.05) is 0 Å². The van der Waals surface area contributed by atoms with Gasteiger partial charge in [0.05, 0.1) is 0 Å². The Hall–Kier alpha value is 0.370. The normalized spacial score (nSPS) is 12.8. The van der Waals surface area contributed by atoms with Gasteiger partial charge in [-0.3, -0.25) is 9.09 Å². The number of hydrogen-bond acceptors (Lipinski definition) is 3. The van der Waals surface area contributed by atoms with Crippen LogP contribution in [-0.4, -0.2) is 34.7 Å². The predicted octanol–water partition coefficient (Wildman–Crippen LogP) is 0.717. The molecule has 1 N–H and O–H groups in total. The zero-order valence-electron chi connectivity index (χ0n) is 5.81. The quantitative estimate of drug-likeness (QED) is 0.440. The zero-order valence-corrected chi connectivity index (χ0v) is 6.96. The summed E-state index contributed by atoms with van der Waals surface area (Å²) in [6.07, 6.45) is -1.05. The van der Waals surface area contributed by atoms with Crippen molar-refractivity contribution in [1.82, 2.24) is 0 Å². The van der Waals surface area contributed by atoms with Gasteiger partial charge in [-0.25, -0.2) is 0 Å². The van der Waals surface area contributed by atoms with Crippen molar-refractivity contribution in [3.05, 3.63) is 35.9 Å². The van der Waals surface area contributed by atoms with E-state index >= 15 is 0 Å². The van der Waals surface area contributed by atoms with Crippen molar-refractivity contribution in [2.24, 2.45) is 0 Å². The summed E-state index contributed by atoms with van der Waals surface area (Å²) < 4.78 is 14.5. The molecule has 3 nitrogen and oxygen atoms in total. The molecule has 0 radical (unpaired) electrons. The summed E-state index contributed by atoms with van der Waals surface area (Å²) in [5, 5.41) is 9.12. The third kappa shape index (κ3) is 3.85. The Morgan fingerprint density at radius 3 is 2.42 bits per heavy atom. The van der Waals surface area contributed by atoms with Gasteiger partial charge in [-0.05, 0) is 0 Å². The Morgan fingerprint density at radius 2 is 1.92 bits per heavy atom. The summed E-state index contributed by atoms with van der Waals surface area (Å²) >= 11 is 0. The standard InChI is InChI=1S/C7H9O3P.Na.H/c8-7(10-11-9)6-4-2-1-3-5-6;;/h1-5,7-8H,11H2;;. The fourth-order valence-corrected chi connectivity index (χ4v) is 1.01. The molecule has 0 fully saturated rings. The Kier molecular flexibility index (Phi) is 7.05. The van der Waals surface area contributed by atoms with Crippen molar-refractivity contribution < 1.29 is 14.2 Å². The summed E-state index contributed by atoms with van der Waals surface area (Å²) in [4.78, 5) is 0. The fraction of sp³-hybridized carbons (Fsp3) is 0.143. The van der Waals surface area contributed by atoms with E-state index in [0.717, 1.165) is 0 Å². The molecule has 0 bridgehead atoms. The second kappa shape index (κ2) is 6.84. The van der Waals surface area contributed by atoms with Crippen LogP contribution in [0.25, 0.3) is 0 Å². The average molecular weight is 196 g/mol. The summed E-state index contributed by atoms with van der Waals surface area (Å²) in [6.45, 7) is 0. The first-order valence-electron chi connectivity index (χ1n) is 3.16. The molecule has 62 valence electrons. The molecule has 2 atom stereocenters. The van der Waals surface area contributed by atoms with Crippen molar-refractivity contribution >= 4 is 38.2 Å². The van der Waals surface area contributed by atoms with Gasteiger partial charge in [-0.15, -0.1) is 0 Å². The van der Waals surface area contributed by atoms with Crippen LogP contribution in [0.15, 0.2) is 30.3 Å². The Morgan fingerprint density at radius 1 is 1.33 bits per heavy atom. The van der Waals surface area contributed by atoms with Crippen molar-refractivity contribution in [3.63, 3.8) is 0 Å². The van der Waals surface area contributed by atoms with Crippen LogP contribution in [0.3, 0.4) is 0 Å². The van der Waals surface area contributed by atoms with Crippen LogP contribution >= 0.6 is 8.69 Å². The molecule has 2 unspecified atom stereocenters. The van der Waals surface area contributed by atoms with Gasteiger partial charge in [0.25, 0.3) is 0 Å². The molecular formula is C7H10NaO3P. The van der Waals surface area contributed by atoms with Gasteiger partial charge in [0.15, 0.2) is 15.0 Å². The van der Waals surface area contributed by atoms with Crippen LogP contribution in [0.5, 0.6) is 0 Å². The van der Waals surface area contributed by atoms with Crippen molar-refractivity contribution in [3.8, 4) is 0 Å². The zero-order chi connectivity index (χ0) is 8.10. The van der Waals surface area contributed by atoms with Crippen LogP contribution < -0.4 is 0 Å². The van der Waals surface area contributed by atoms with Gasteiger partial charge in [0.2, 0.25) is 0 Å². The average Bonchev–Trinajstić information content (AvgIpc) is 2.07. The first-order valence-corrected chi connectivity index (χ1v) is 4.11. The Labute approximate surface area is 94.3 Å². The minimum absolute atomic E-state index is 0. The molecule has 1 aromatic carbocycles. The van der Waals surface area contributed by atoms with Gasteiger partial charge in [0.1, 0.15) is 0 Å². The molecule has 0 saturated heterocycles. The molecule has 0 aliphatic heterocycles. The topological polar surface area (TPSA) is 46.5 Å². The van der Waals surface area contributed by atoms with Gasteiger partial charge >= 0.3 is 29.6 Å². The number of rotatable bonds is 3. The van der Waals surface area contributed by atoms with Gasteiger partial charge < -0.3 is 5.11 Å². The molecule has 0 aliphatic carbocycles. The van der Waals surface area contributed by atoms with Gasteiger partial charge in [0, 0.05) is 5.56 Å². The SMILES string of the molecule is O=[PH2]OC(O)c1ccccc1.[NaH]. The van der Waals surface area contributed by atoms with Crippen LogP contribution in [0, 0.1) is 0 Å².